The molecule has 0 aliphatic heterocycles. The second-order valence-electron chi connectivity index (χ2n) is 4.00. The number of thiazole rings is 1. The lowest BCUT2D eigenvalue weighted by Gasteiger charge is -2.06. The number of carbonyl (C=O) groups excluding carboxylic acids is 1. The van der Waals surface area contributed by atoms with Gasteiger partial charge in [0.2, 0.25) is 0 Å². The minimum Gasteiger partial charge on any atom is -0.507 e. The number of nitrogens with one attached hydrogen (secondary N) is 1. The third-order valence-corrected chi connectivity index (χ3v) is 3.63. The van der Waals surface area contributed by atoms with Crippen molar-refractivity contribution in [2.75, 3.05) is 0 Å². The van der Waals surface area contributed by atoms with Gasteiger partial charge in [0, 0.05) is 10.9 Å². The van der Waals surface area contributed by atoms with Gasteiger partial charge in [-0.25, -0.2) is 4.98 Å². The van der Waals surface area contributed by atoms with E-state index in [9.17, 15) is 20.0 Å². The van der Waals surface area contributed by atoms with Crippen molar-refractivity contribution in [3.63, 3.8) is 0 Å². The van der Waals surface area contributed by atoms with Gasteiger partial charge in [-0.2, -0.15) is 0 Å². The van der Waals surface area contributed by atoms with Crippen LogP contribution in [0.2, 0.25) is 0 Å². The van der Waals surface area contributed by atoms with Crippen LogP contribution in [0.5, 0.6) is 5.75 Å². The molecule has 0 bridgehead atoms. The molecule has 0 saturated carbocycles. The van der Waals surface area contributed by atoms with E-state index in [1.54, 1.807) is 5.51 Å². The van der Waals surface area contributed by atoms with Crippen LogP contribution in [-0.4, -0.2) is 20.9 Å². The number of rotatable bonds is 4. The second-order valence-corrected chi connectivity index (χ2v) is 4.94. The number of nitro groups is 1. The molecule has 2 aromatic rings. The van der Waals surface area contributed by atoms with Crippen molar-refractivity contribution in [1.29, 1.82) is 0 Å². The number of phenols is 1. The topological polar surface area (TPSA) is 105 Å². The molecule has 0 atom stereocenters. The van der Waals surface area contributed by atoms with Gasteiger partial charge in [0.25, 0.3) is 11.6 Å². The van der Waals surface area contributed by atoms with Crippen molar-refractivity contribution in [3.05, 3.63) is 50.0 Å². The maximum Gasteiger partial charge on any atom is 0.273 e. The zero-order valence-electron chi connectivity index (χ0n) is 10.5. The molecular weight excluding hydrogens is 282 g/mol. The molecule has 0 radical (unpaired) electrons. The number of aryl methyl sites for hydroxylation is 1. The van der Waals surface area contributed by atoms with Gasteiger partial charge in [-0.05, 0) is 13.0 Å². The van der Waals surface area contributed by atoms with Gasteiger partial charge in [0.1, 0.15) is 5.75 Å². The Morgan fingerprint density at radius 1 is 1.55 bits per heavy atom. The predicted molar refractivity (Wildman–Crippen MR) is 72.8 cm³/mol. The Morgan fingerprint density at radius 3 is 2.85 bits per heavy atom. The Morgan fingerprint density at radius 2 is 2.30 bits per heavy atom. The molecular formula is C12H11N3O4S. The summed E-state index contributed by atoms with van der Waals surface area (Å²) < 4.78 is 0. The summed E-state index contributed by atoms with van der Waals surface area (Å²) in [6.07, 6.45) is 0. The first kappa shape index (κ1) is 13.9. The first-order chi connectivity index (χ1) is 9.49. The molecule has 2 N–H and O–H groups in total. The molecule has 0 spiro atoms. The molecule has 1 heterocycles. The number of phenolic OH excluding ortho intramolecular Hbond substituents is 1. The standard InChI is InChI=1S/C12H11N3O4S/c1-7-11(20-6-14-7)5-13-12(17)9-3-2-8(15(18)19)4-10(9)16/h2-4,6,16H,5H2,1H3,(H,13,17). The molecule has 20 heavy (non-hydrogen) atoms. The molecule has 0 aliphatic rings. The minimum atomic E-state index is -0.637. The fraction of sp³-hybridized carbons (Fsp3) is 0.167. The molecule has 7 nitrogen and oxygen atoms in total. The smallest absolute Gasteiger partial charge is 0.273 e. The van der Waals surface area contributed by atoms with Crippen LogP contribution < -0.4 is 5.32 Å². The van der Waals surface area contributed by atoms with E-state index in [2.05, 4.69) is 10.3 Å². The van der Waals surface area contributed by atoms with E-state index in [1.165, 1.54) is 23.5 Å². The molecule has 1 aromatic carbocycles. The fourth-order valence-electron chi connectivity index (χ4n) is 1.58. The molecule has 0 saturated heterocycles. The summed E-state index contributed by atoms with van der Waals surface area (Å²) in [6, 6.07) is 3.35. The SMILES string of the molecule is Cc1ncsc1CNC(=O)c1ccc([N+](=O)[O-])cc1O. The van der Waals surface area contributed by atoms with Gasteiger partial charge in [-0.1, -0.05) is 0 Å². The van der Waals surface area contributed by atoms with Crippen LogP contribution in [0.4, 0.5) is 5.69 Å². The van der Waals surface area contributed by atoms with Crippen LogP contribution in [0.15, 0.2) is 23.7 Å². The maximum atomic E-state index is 11.9. The van der Waals surface area contributed by atoms with Crippen LogP contribution in [-0.2, 0) is 6.54 Å². The van der Waals surface area contributed by atoms with Crippen LogP contribution in [0.1, 0.15) is 20.9 Å². The van der Waals surface area contributed by atoms with Gasteiger partial charge >= 0.3 is 0 Å². The zero-order chi connectivity index (χ0) is 14.7. The monoisotopic (exact) mass is 293 g/mol. The minimum absolute atomic E-state index is 0.00207. The zero-order valence-corrected chi connectivity index (χ0v) is 11.3. The molecule has 8 heteroatoms. The highest BCUT2D eigenvalue weighted by atomic mass is 32.1. The predicted octanol–water partition coefficient (Wildman–Crippen LogP) is 2.00. The average Bonchev–Trinajstić information content (AvgIpc) is 2.81. The first-order valence-electron chi connectivity index (χ1n) is 5.63. The van der Waals surface area contributed by atoms with Gasteiger partial charge in [-0.15, -0.1) is 11.3 Å². The summed E-state index contributed by atoms with van der Waals surface area (Å²) in [5, 5.41) is 22.8. The van der Waals surface area contributed by atoms with E-state index in [4.69, 9.17) is 0 Å². The molecule has 1 aromatic heterocycles. The molecule has 1 amide bonds. The lowest BCUT2D eigenvalue weighted by molar-refractivity contribution is -0.384. The van der Waals surface area contributed by atoms with E-state index >= 15 is 0 Å². The highest BCUT2D eigenvalue weighted by Gasteiger charge is 2.15. The summed E-state index contributed by atoms with van der Waals surface area (Å²) >= 11 is 1.42. The normalized spacial score (nSPS) is 10.2. The number of hydrogen-bond donors (Lipinski definition) is 2. The molecule has 0 unspecified atom stereocenters. The number of amides is 1. The van der Waals surface area contributed by atoms with Crippen molar-refractivity contribution in [2.24, 2.45) is 0 Å². The van der Waals surface area contributed by atoms with Gasteiger partial charge in [0.05, 0.1) is 34.3 Å². The average molecular weight is 293 g/mol. The number of nitrogens with zero attached hydrogens (tertiary/aromatic N) is 2. The largest absolute Gasteiger partial charge is 0.507 e. The third kappa shape index (κ3) is 2.91. The van der Waals surface area contributed by atoms with Crippen molar-refractivity contribution in [2.45, 2.75) is 13.5 Å². The number of nitro benzene ring substituents is 1. The summed E-state index contributed by atoms with van der Waals surface area (Å²) in [7, 11) is 0. The van der Waals surface area contributed by atoms with Crippen molar-refractivity contribution < 1.29 is 14.8 Å². The lowest BCUT2D eigenvalue weighted by atomic mass is 10.1. The number of aromatic nitrogens is 1. The molecule has 104 valence electrons. The summed E-state index contributed by atoms with van der Waals surface area (Å²) in [5.74, 6) is -0.914. The highest BCUT2D eigenvalue weighted by Crippen LogP contribution is 2.23. The Labute approximate surface area is 118 Å². The van der Waals surface area contributed by atoms with E-state index in [1.807, 2.05) is 6.92 Å². The Hall–Kier alpha value is -2.48. The number of aromatic hydroxyl groups is 1. The molecule has 0 fully saturated rings. The summed E-state index contributed by atoms with van der Waals surface area (Å²) in [6.45, 7) is 2.13. The van der Waals surface area contributed by atoms with E-state index in [0.29, 0.717) is 6.54 Å². The lowest BCUT2D eigenvalue weighted by Crippen LogP contribution is -2.22. The summed E-state index contributed by atoms with van der Waals surface area (Å²) in [4.78, 5) is 26.8. The first-order valence-corrected chi connectivity index (χ1v) is 6.51. The van der Waals surface area contributed by atoms with Gasteiger partial charge in [0.15, 0.2) is 0 Å². The quantitative estimate of drug-likeness (QED) is 0.662. The van der Waals surface area contributed by atoms with Gasteiger partial charge in [-0.3, -0.25) is 14.9 Å². The van der Waals surface area contributed by atoms with Crippen LogP contribution >= 0.6 is 11.3 Å². The maximum absolute atomic E-state index is 11.9. The van der Waals surface area contributed by atoms with Crippen molar-refractivity contribution >= 4 is 22.9 Å². The Balaban J connectivity index is 2.10. The number of carbonyl (C=O) groups is 1. The van der Waals surface area contributed by atoms with E-state index in [-0.39, 0.29) is 11.3 Å². The van der Waals surface area contributed by atoms with E-state index in [0.717, 1.165) is 16.6 Å². The highest BCUT2D eigenvalue weighted by molar-refractivity contribution is 7.09. The van der Waals surface area contributed by atoms with E-state index < -0.39 is 16.6 Å². The van der Waals surface area contributed by atoms with Crippen LogP contribution in [0.3, 0.4) is 0 Å². The number of hydrogen-bond acceptors (Lipinski definition) is 6. The van der Waals surface area contributed by atoms with Crippen molar-refractivity contribution in [3.8, 4) is 5.75 Å². The Kier molecular flexibility index (Phi) is 3.94. The van der Waals surface area contributed by atoms with Crippen molar-refractivity contribution in [1.82, 2.24) is 10.3 Å². The van der Waals surface area contributed by atoms with Crippen LogP contribution in [0.25, 0.3) is 0 Å². The fourth-order valence-corrected chi connectivity index (χ4v) is 2.29. The molecule has 2 rings (SSSR count). The van der Waals surface area contributed by atoms with Gasteiger partial charge < -0.3 is 10.4 Å². The number of non-ortho nitro benzene ring substituents is 1. The Bertz CT molecular complexity index is 668. The second kappa shape index (κ2) is 5.66. The van der Waals surface area contributed by atoms with Crippen LogP contribution in [0, 0.1) is 17.0 Å². The number of benzene rings is 1. The third-order valence-electron chi connectivity index (χ3n) is 2.69. The summed E-state index contributed by atoms with van der Waals surface area (Å²) in [5.41, 5.74) is 2.25. The molecule has 0 aliphatic carbocycles.